The third-order valence-corrected chi connectivity index (χ3v) is 3.15. The van der Waals surface area contributed by atoms with Crippen molar-refractivity contribution in [1.82, 2.24) is 5.32 Å². The molecule has 0 heterocycles. The van der Waals surface area contributed by atoms with Crippen molar-refractivity contribution < 1.29 is 27.8 Å². The molecule has 7 heteroatoms. The number of amides is 1. The van der Waals surface area contributed by atoms with E-state index in [1.165, 1.54) is 20.3 Å². The second-order valence-electron chi connectivity index (χ2n) is 4.78. The van der Waals surface area contributed by atoms with E-state index in [0.717, 1.165) is 12.1 Å². The van der Waals surface area contributed by atoms with Crippen LogP contribution in [-0.2, 0) is 0 Å². The zero-order valence-corrected chi connectivity index (χ0v) is 13.3. The molecule has 0 aliphatic carbocycles. The van der Waals surface area contributed by atoms with Crippen LogP contribution in [0.1, 0.15) is 10.4 Å². The summed E-state index contributed by atoms with van der Waals surface area (Å²) < 4.78 is 41.5. The predicted octanol–water partition coefficient (Wildman–Crippen LogP) is 2.79. The minimum atomic E-state index is -0.793. The van der Waals surface area contributed by atoms with Gasteiger partial charge in [0.15, 0.2) is 11.6 Å². The molecule has 0 spiro atoms. The topological polar surface area (TPSA) is 56.8 Å². The summed E-state index contributed by atoms with van der Waals surface area (Å²) >= 11 is 0. The molecule has 0 aromatic heterocycles. The Labute approximate surface area is 138 Å². The normalized spacial score (nSPS) is 10.2. The Morgan fingerprint density at radius 1 is 1.04 bits per heavy atom. The number of halogens is 2. The van der Waals surface area contributed by atoms with Gasteiger partial charge in [0.2, 0.25) is 0 Å². The smallest absolute Gasteiger partial charge is 0.251 e. The van der Waals surface area contributed by atoms with Crippen LogP contribution in [0.15, 0.2) is 36.4 Å². The van der Waals surface area contributed by atoms with E-state index in [1.54, 1.807) is 18.2 Å². The lowest BCUT2D eigenvalue weighted by atomic mass is 10.2. The van der Waals surface area contributed by atoms with Gasteiger partial charge in [-0.05, 0) is 24.3 Å². The fraction of sp³-hybridized carbons (Fsp3) is 0.235. The van der Waals surface area contributed by atoms with E-state index in [9.17, 15) is 13.6 Å². The molecule has 0 fully saturated rings. The molecule has 2 aromatic rings. The average molecular weight is 337 g/mol. The fourth-order valence-electron chi connectivity index (χ4n) is 1.96. The molecule has 2 aromatic carbocycles. The maximum Gasteiger partial charge on any atom is 0.251 e. The fourth-order valence-corrected chi connectivity index (χ4v) is 1.96. The molecule has 1 amide bonds. The van der Waals surface area contributed by atoms with Crippen LogP contribution >= 0.6 is 0 Å². The van der Waals surface area contributed by atoms with Gasteiger partial charge >= 0.3 is 0 Å². The van der Waals surface area contributed by atoms with Gasteiger partial charge < -0.3 is 19.5 Å². The van der Waals surface area contributed by atoms with Gasteiger partial charge in [-0.3, -0.25) is 4.79 Å². The number of carbonyl (C=O) groups is 1. The Bertz CT molecular complexity index is 699. The van der Waals surface area contributed by atoms with Crippen molar-refractivity contribution in [2.75, 3.05) is 27.4 Å². The highest BCUT2D eigenvalue weighted by atomic mass is 19.1. The van der Waals surface area contributed by atoms with Crippen LogP contribution in [-0.4, -0.2) is 33.3 Å². The van der Waals surface area contributed by atoms with Crippen molar-refractivity contribution in [2.24, 2.45) is 0 Å². The van der Waals surface area contributed by atoms with Crippen LogP contribution in [0.3, 0.4) is 0 Å². The quantitative estimate of drug-likeness (QED) is 0.790. The molecule has 0 saturated heterocycles. The van der Waals surface area contributed by atoms with Crippen molar-refractivity contribution in [2.45, 2.75) is 0 Å². The molecule has 24 heavy (non-hydrogen) atoms. The van der Waals surface area contributed by atoms with E-state index in [0.29, 0.717) is 17.1 Å². The lowest BCUT2D eigenvalue weighted by molar-refractivity contribution is 0.0946. The molecule has 0 aliphatic heterocycles. The van der Waals surface area contributed by atoms with E-state index in [2.05, 4.69) is 5.32 Å². The summed E-state index contributed by atoms with van der Waals surface area (Å²) in [4.78, 5) is 12.1. The Morgan fingerprint density at radius 2 is 1.71 bits per heavy atom. The van der Waals surface area contributed by atoms with Gasteiger partial charge in [0.1, 0.15) is 23.9 Å². The van der Waals surface area contributed by atoms with Gasteiger partial charge in [-0.15, -0.1) is 0 Å². The Balaban J connectivity index is 1.89. The number of benzene rings is 2. The minimum Gasteiger partial charge on any atom is -0.497 e. The number of hydrogen-bond acceptors (Lipinski definition) is 4. The standard InChI is InChI=1S/C17H17F2NO4/c1-22-13-7-11(8-14(10-13)23-2)17(21)20-5-6-24-16-4-3-12(18)9-15(16)19/h3-4,7-10H,5-6H2,1-2H3,(H,20,21). The van der Waals surface area contributed by atoms with Crippen LogP contribution in [0.4, 0.5) is 8.78 Å². The highest BCUT2D eigenvalue weighted by Crippen LogP contribution is 2.22. The molecule has 5 nitrogen and oxygen atoms in total. The maximum atomic E-state index is 13.4. The molecule has 1 N–H and O–H groups in total. The molecule has 0 saturated carbocycles. The monoisotopic (exact) mass is 337 g/mol. The van der Waals surface area contributed by atoms with Crippen molar-refractivity contribution in [3.05, 3.63) is 53.6 Å². The lowest BCUT2D eigenvalue weighted by Crippen LogP contribution is -2.28. The summed E-state index contributed by atoms with van der Waals surface area (Å²) in [6.45, 7) is 0.185. The highest BCUT2D eigenvalue weighted by molar-refractivity contribution is 5.95. The molecule has 0 aliphatic rings. The molecule has 2 rings (SSSR count). The lowest BCUT2D eigenvalue weighted by Gasteiger charge is -2.10. The summed E-state index contributed by atoms with van der Waals surface area (Å²) in [6, 6.07) is 7.81. The number of methoxy groups -OCH3 is 2. The number of carbonyl (C=O) groups excluding carboxylic acids is 1. The van der Waals surface area contributed by atoms with Gasteiger partial charge in [-0.25, -0.2) is 8.78 Å². The number of rotatable bonds is 7. The predicted molar refractivity (Wildman–Crippen MR) is 83.7 cm³/mol. The molecule has 128 valence electrons. The third-order valence-electron chi connectivity index (χ3n) is 3.15. The first-order valence-electron chi connectivity index (χ1n) is 7.12. The zero-order valence-electron chi connectivity index (χ0n) is 13.3. The molecular weight excluding hydrogens is 320 g/mol. The zero-order chi connectivity index (χ0) is 17.5. The summed E-state index contributed by atoms with van der Waals surface area (Å²) in [5.41, 5.74) is 0.360. The average Bonchev–Trinajstić information content (AvgIpc) is 2.59. The first-order chi connectivity index (χ1) is 11.5. The first kappa shape index (κ1) is 17.5. The van der Waals surface area contributed by atoms with Gasteiger partial charge in [0, 0.05) is 17.7 Å². The second kappa shape index (κ2) is 8.14. The van der Waals surface area contributed by atoms with Crippen LogP contribution < -0.4 is 19.5 Å². The Hall–Kier alpha value is -2.83. The van der Waals surface area contributed by atoms with Crippen molar-refractivity contribution in [3.8, 4) is 17.2 Å². The van der Waals surface area contributed by atoms with E-state index in [-0.39, 0.29) is 24.8 Å². The Kier molecular flexibility index (Phi) is 5.95. The largest absolute Gasteiger partial charge is 0.497 e. The van der Waals surface area contributed by atoms with Crippen molar-refractivity contribution in [1.29, 1.82) is 0 Å². The Morgan fingerprint density at radius 3 is 2.29 bits per heavy atom. The van der Waals surface area contributed by atoms with Gasteiger partial charge in [0.25, 0.3) is 5.91 Å². The van der Waals surface area contributed by atoms with Crippen LogP contribution in [0.5, 0.6) is 17.2 Å². The number of nitrogens with one attached hydrogen (secondary N) is 1. The third kappa shape index (κ3) is 4.58. The number of hydrogen-bond donors (Lipinski definition) is 1. The number of ether oxygens (including phenoxy) is 3. The minimum absolute atomic E-state index is 0.0371. The summed E-state index contributed by atoms with van der Waals surface area (Å²) in [6.07, 6.45) is 0. The van der Waals surface area contributed by atoms with Crippen molar-refractivity contribution in [3.63, 3.8) is 0 Å². The summed E-state index contributed by atoms with van der Waals surface area (Å²) in [5, 5.41) is 2.63. The van der Waals surface area contributed by atoms with E-state index in [1.807, 2.05) is 0 Å². The molecule has 0 bridgehead atoms. The molecular formula is C17H17F2NO4. The van der Waals surface area contributed by atoms with Gasteiger partial charge in [-0.1, -0.05) is 0 Å². The molecule has 0 atom stereocenters. The SMILES string of the molecule is COc1cc(OC)cc(C(=O)NCCOc2ccc(F)cc2F)c1. The molecule has 0 radical (unpaired) electrons. The van der Waals surface area contributed by atoms with Crippen LogP contribution in [0.2, 0.25) is 0 Å². The molecule has 0 unspecified atom stereocenters. The van der Waals surface area contributed by atoms with E-state index >= 15 is 0 Å². The van der Waals surface area contributed by atoms with E-state index in [4.69, 9.17) is 14.2 Å². The van der Waals surface area contributed by atoms with Crippen molar-refractivity contribution >= 4 is 5.91 Å². The van der Waals surface area contributed by atoms with Gasteiger partial charge in [-0.2, -0.15) is 0 Å². The second-order valence-corrected chi connectivity index (χ2v) is 4.78. The van der Waals surface area contributed by atoms with Gasteiger partial charge in [0.05, 0.1) is 20.8 Å². The van der Waals surface area contributed by atoms with E-state index < -0.39 is 11.6 Å². The van der Waals surface area contributed by atoms with Crippen LogP contribution in [0, 0.1) is 11.6 Å². The summed E-state index contributed by atoms with van der Waals surface area (Å²) in [5.74, 6) is -0.920. The maximum absolute atomic E-state index is 13.4. The first-order valence-corrected chi connectivity index (χ1v) is 7.12. The highest BCUT2D eigenvalue weighted by Gasteiger charge is 2.10. The summed E-state index contributed by atoms with van der Waals surface area (Å²) in [7, 11) is 2.98. The van der Waals surface area contributed by atoms with Crippen LogP contribution in [0.25, 0.3) is 0 Å².